The lowest BCUT2D eigenvalue weighted by Crippen LogP contribution is -2.10. The highest BCUT2D eigenvalue weighted by Crippen LogP contribution is 2.09. The number of nitrogens with zero attached hydrogens (tertiary/aromatic N) is 1. The minimum Gasteiger partial charge on any atom is -0.310 e. The molecule has 1 rings (SSSR count). The first-order valence-electron chi connectivity index (χ1n) is 3.75. The number of amides is 1. The van der Waals surface area contributed by atoms with Gasteiger partial charge in [0, 0.05) is 6.42 Å². The highest BCUT2D eigenvalue weighted by atomic mass is 35.5. The molecule has 1 N–H and O–H groups in total. The van der Waals surface area contributed by atoms with Crippen LogP contribution in [0.4, 0.5) is 5.82 Å². The van der Waals surface area contributed by atoms with Gasteiger partial charge in [-0.3, -0.25) is 4.79 Å². The van der Waals surface area contributed by atoms with Gasteiger partial charge in [-0.2, -0.15) is 0 Å². The average Bonchev–Trinajstić information content (AvgIpc) is 2.04. The Bertz CT molecular complexity index is 325. The Morgan fingerprint density at radius 1 is 1.69 bits per heavy atom. The minimum atomic E-state index is -0.148. The van der Waals surface area contributed by atoms with Crippen molar-refractivity contribution >= 4 is 23.3 Å². The molecule has 0 saturated heterocycles. The summed E-state index contributed by atoms with van der Waals surface area (Å²) in [5.41, 5.74) is 0. The smallest absolute Gasteiger partial charge is 0.229 e. The molecule has 0 atom stereocenters. The molecule has 0 saturated carbocycles. The van der Waals surface area contributed by atoms with Crippen LogP contribution in [0.1, 0.15) is 6.42 Å². The third-order valence-electron chi connectivity index (χ3n) is 1.31. The Morgan fingerprint density at radius 2 is 2.46 bits per heavy atom. The highest BCUT2D eigenvalue weighted by Gasteiger charge is 2.00. The van der Waals surface area contributed by atoms with Crippen molar-refractivity contribution in [2.24, 2.45) is 0 Å². The molecule has 0 spiro atoms. The zero-order chi connectivity index (χ0) is 9.68. The maximum absolute atomic E-state index is 11.1. The summed E-state index contributed by atoms with van der Waals surface area (Å²) >= 11 is 5.62. The predicted octanol–water partition coefficient (Wildman–Crippen LogP) is 2.25. The van der Waals surface area contributed by atoms with Crippen LogP contribution in [0.15, 0.2) is 30.9 Å². The number of halogens is 1. The van der Waals surface area contributed by atoms with Crippen LogP contribution in [0.25, 0.3) is 0 Å². The summed E-state index contributed by atoms with van der Waals surface area (Å²) in [5, 5.41) is 2.94. The van der Waals surface area contributed by atoms with Gasteiger partial charge in [0.05, 0.1) is 0 Å². The fourth-order valence-electron chi connectivity index (χ4n) is 0.803. The van der Waals surface area contributed by atoms with E-state index in [0.29, 0.717) is 11.0 Å². The summed E-state index contributed by atoms with van der Waals surface area (Å²) in [6.45, 7) is 3.45. The van der Waals surface area contributed by atoms with Crippen molar-refractivity contribution in [1.82, 2.24) is 4.98 Å². The maximum Gasteiger partial charge on any atom is 0.229 e. The van der Waals surface area contributed by atoms with Gasteiger partial charge in [0.15, 0.2) is 0 Å². The van der Waals surface area contributed by atoms with E-state index in [2.05, 4.69) is 16.9 Å². The number of pyridine rings is 1. The second kappa shape index (κ2) is 4.62. The molecular weight excluding hydrogens is 188 g/mol. The molecule has 4 heteroatoms. The Morgan fingerprint density at radius 3 is 3.08 bits per heavy atom. The summed E-state index contributed by atoms with van der Waals surface area (Å²) in [6.07, 6.45) is 1.80. The van der Waals surface area contributed by atoms with Gasteiger partial charge >= 0.3 is 0 Å². The monoisotopic (exact) mass is 196 g/mol. The largest absolute Gasteiger partial charge is 0.310 e. The third-order valence-corrected chi connectivity index (χ3v) is 1.52. The molecule has 0 aliphatic rings. The van der Waals surface area contributed by atoms with Crippen molar-refractivity contribution in [3.63, 3.8) is 0 Å². The summed E-state index contributed by atoms with van der Waals surface area (Å²) < 4.78 is 0. The Balaban J connectivity index is 2.63. The summed E-state index contributed by atoms with van der Waals surface area (Å²) in [4.78, 5) is 15.0. The quantitative estimate of drug-likeness (QED) is 0.595. The molecule has 3 nitrogen and oxygen atoms in total. The molecule has 0 bridgehead atoms. The number of aromatic nitrogens is 1. The van der Waals surface area contributed by atoms with E-state index in [-0.39, 0.29) is 12.3 Å². The van der Waals surface area contributed by atoms with Gasteiger partial charge in [0.2, 0.25) is 5.91 Å². The standard InChI is InChI=1S/C9H9ClN2O/c1-2-4-9(13)12-8-6-3-5-7(10)11-8/h2-3,5-6H,1,4H2,(H,11,12,13). The van der Waals surface area contributed by atoms with Gasteiger partial charge in [0.1, 0.15) is 11.0 Å². The van der Waals surface area contributed by atoms with E-state index in [1.54, 1.807) is 18.2 Å². The number of hydrogen-bond acceptors (Lipinski definition) is 2. The van der Waals surface area contributed by atoms with E-state index in [0.717, 1.165) is 0 Å². The van der Waals surface area contributed by atoms with E-state index >= 15 is 0 Å². The van der Waals surface area contributed by atoms with Crippen LogP contribution in [-0.2, 0) is 4.79 Å². The lowest BCUT2D eigenvalue weighted by Gasteiger charge is -2.01. The van der Waals surface area contributed by atoms with Gasteiger partial charge in [-0.05, 0) is 12.1 Å². The Kier molecular flexibility index (Phi) is 3.46. The zero-order valence-electron chi connectivity index (χ0n) is 6.96. The summed E-state index contributed by atoms with van der Waals surface area (Å²) in [5.74, 6) is 0.309. The van der Waals surface area contributed by atoms with Crippen molar-refractivity contribution < 1.29 is 4.79 Å². The molecule has 1 aromatic rings. The predicted molar refractivity (Wildman–Crippen MR) is 52.7 cm³/mol. The number of nitrogens with one attached hydrogen (secondary N) is 1. The van der Waals surface area contributed by atoms with Crippen molar-refractivity contribution in [3.8, 4) is 0 Å². The average molecular weight is 197 g/mol. The van der Waals surface area contributed by atoms with Gasteiger partial charge in [-0.1, -0.05) is 23.7 Å². The molecule has 13 heavy (non-hydrogen) atoms. The van der Waals surface area contributed by atoms with Crippen molar-refractivity contribution in [2.45, 2.75) is 6.42 Å². The molecule has 0 radical (unpaired) electrons. The zero-order valence-corrected chi connectivity index (χ0v) is 7.71. The van der Waals surface area contributed by atoms with Crippen molar-refractivity contribution in [1.29, 1.82) is 0 Å². The van der Waals surface area contributed by atoms with Crippen LogP contribution in [0.3, 0.4) is 0 Å². The Labute approximate surface area is 81.4 Å². The molecule has 0 aliphatic heterocycles. The fraction of sp³-hybridized carbons (Fsp3) is 0.111. The van der Waals surface area contributed by atoms with Crippen LogP contribution in [0.5, 0.6) is 0 Å². The van der Waals surface area contributed by atoms with Crippen LogP contribution in [0, 0.1) is 0 Å². The number of anilines is 1. The van der Waals surface area contributed by atoms with Crippen LogP contribution >= 0.6 is 11.6 Å². The van der Waals surface area contributed by atoms with Gasteiger partial charge < -0.3 is 5.32 Å². The van der Waals surface area contributed by atoms with E-state index in [1.807, 2.05) is 0 Å². The second-order valence-electron chi connectivity index (χ2n) is 2.39. The third kappa shape index (κ3) is 3.25. The molecule has 0 aromatic carbocycles. The summed E-state index contributed by atoms with van der Waals surface area (Å²) in [7, 11) is 0. The molecule has 1 heterocycles. The first kappa shape index (κ1) is 9.74. The number of carbonyl (C=O) groups is 1. The first-order chi connectivity index (χ1) is 6.22. The second-order valence-corrected chi connectivity index (χ2v) is 2.77. The van der Waals surface area contributed by atoms with Crippen LogP contribution < -0.4 is 5.32 Å². The number of carbonyl (C=O) groups excluding carboxylic acids is 1. The topological polar surface area (TPSA) is 42.0 Å². The van der Waals surface area contributed by atoms with Crippen LogP contribution in [-0.4, -0.2) is 10.9 Å². The van der Waals surface area contributed by atoms with E-state index in [4.69, 9.17) is 11.6 Å². The molecule has 0 fully saturated rings. The SMILES string of the molecule is C=CCC(=O)Nc1cccc(Cl)n1. The van der Waals surface area contributed by atoms with Crippen LogP contribution in [0.2, 0.25) is 5.15 Å². The highest BCUT2D eigenvalue weighted by molar-refractivity contribution is 6.29. The number of hydrogen-bond donors (Lipinski definition) is 1. The lowest BCUT2D eigenvalue weighted by atomic mass is 10.4. The minimum absolute atomic E-state index is 0.148. The van der Waals surface area contributed by atoms with Crippen molar-refractivity contribution in [3.05, 3.63) is 36.0 Å². The molecule has 1 aromatic heterocycles. The molecule has 0 unspecified atom stereocenters. The molecule has 68 valence electrons. The van der Waals surface area contributed by atoms with E-state index in [9.17, 15) is 4.79 Å². The molecule has 1 amide bonds. The van der Waals surface area contributed by atoms with Gasteiger partial charge in [-0.25, -0.2) is 4.98 Å². The van der Waals surface area contributed by atoms with E-state index < -0.39 is 0 Å². The van der Waals surface area contributed by atoms with Gasteiger partial charge in [-0.15, -0.1) is 6.58 Å². The molecule has 0 aliphatic carbocycles. The maximum atomic E-state index is 11.1. The lowest BCUT2D eigenvalue weighted by molar-refractivity contribution is -0.115. The van der Waals surface area contributed by atoms with E-state index in [1.165, 1.54) is 6.08 Å². The first-order valence-corrected chi connectivity index (χ1v) is 4.13. The summed E-state index contributed by atoms with van der Waals surface area (Å²) in [6, 6.07) is 5.04. The number of rotatable bonds is 3. The molecular formula is C9H9ClN2O. The van der Waals surface area contributed by atoms with Crippen molar-refractivity contribution in [2.75, 3.05) is 5.32 Å². The normalized spacial score (nSPS) is 9.31. The van der Waals surface area contributed by atoms with Gasteiger partial charge in [0.25, 0.3) is 0 Å². The Hall–Kier alpha value is -1.35. The fourth-order valence-corrected chi connectivity index (χ4v) is 0.967.